The molecular weight excluding hydrogens is 404 g/mol. The molecule has 0 N–H and O–H groups in total. The first-order valence-electron chi connectivity index (χ1n) is 10.9. The molecule has 0 spiro atoms. The van der Waals surface area contributed by atoms with E-state index in [-0.39, 0.29) is 19.0 Å². The largest absolute Gasteiger partial charge is 0.457 e. The highest BCUT2D eigenvalue weighted by atomic mass is 16.6. The first kappa shape index (κ1) is 22.2. The van der Waals surface area contributed by atoms with Crippen molar-refractivity contribution in [3.8, 4) is 0 Å². The van der Waals surface area contributed by atoms with Crippen molar-refractivity contribution in [1.82, 2.24) is 0 Å². The van der Waals surface area contributed by atoms with Crippen LogP contribution in [0.4, 0.5) is 0 Å². The summed E-state index contributed by atoms with van der Waals surface area (Å²) in [5, 5.41) is 0. The molecule has 3 aromatic rings. The number of rotatable bonds is 10. The fraction of sp³-hybridized carbons (Fsp3) is 0.296. The summed E-state index contributed by atoms with van der Waals surface area (Å²) in [6.45, 7) is 1.49. The van der Waals surface area contributed by atoms with Crippen LogP contribution in [-0.4, -0.2) is 30.9 Å². The maximum Gasteiger partial charge on any atom is 0.308 e. The van der Waals surface area contributed by atoms with Crippen molar-refractivity contribution < 1.29 is 23.7 Å². The van der Waals surface area contributed by atoms with Crippen LogP contribution in [-0.2, 0) is 43.6 Å². The topological polar surface area (TPSA) is 54.0 Å². The number of ether oxygens (including phenoxy) is 4. The van der Waals surface area contributed by atoms with Gasteiger partial charge in [-0.3, -0.25) is 4.79 Å². The lowest BCUT2D eigenvalue weighted by Crippen LogP contribution is -2.51. The second-order valence-corrected chi connectivity index (χ2v) is 7.83. The van der Waals surface area contributed by atoms with Crippen molar-refractivity contribution in [2.24, 2.45) is 0 Å². The Hall–Kier alpha value is -2.99. The average molecular weight is 433 g/mol. The lowest BCUT2D eigenvalue weighted by Gasteiger charge is -2.37. The molecule has 0 radical (unpaired) electrons. The minimum atomic E-state index is -0.538. The number of hydrogen-bond donors (Lipinski definition) is 0. The Labute approximate surface area is 188 Å². The zero-order chi connectivity index (χ0) is 22.0. The molecule has 3 aromatic carbocycles. The summed E-state index contributed by atoms with van der Waals surface area (Å²) >= 11 is 0. The van der Waals surface area contributed by atoms with Crippen molar-refractivity contribution in [3.63, 3.8) is 0 Å². The molecule has 32 heavy (non-hydrogen) atoms. The minimum absolute atomic E-state index is 0.154. The molecule has 1 aliphatic heterocycles. The Balaban J connectivity index is 1.42. The fourth-order valence-electron chi connectivity index (χ4n) is 3.71. The van der Waals surface area contributed by atoms with Gasteiger partial charge in [0.25, 0.3) is 0 Å². The van der Waals surface area contributed by atoms with Crippen LogP contribution in [0.5, 0.6) is 0 Å². The van der Waals surface area contributed by atoms with Gasteiger partial charge in [-0.2, -0.15) is 0 Å². The van der Waals surface area contributed by atoms with Crippen LogP contribution in [0.1, 0.15) is 23.1 Å². The van der Waals surface area contributed by atoms with Gasteiger partial charge in [-0.25, -0.2) is 0 Å². The lowest BCUT2D eigenvalue weighted by atomic mass is 10.0. The SMILES string of the molecule is O=C1C[C@H](OCc2ccccc2)[C@H](OCc2ccccc2)[C@@H](COCc2ccccc2)O1. The number of carbonyl (C=O) groups excluding carboxylic acids is 1. The Bertz CT molecular complexity index is 946. The second kappa shape index (κ2) is 11.6. The van der Waals surface area contributed by atoms with Crippen molar-refractivity contribution in [2.45, 2.75) is 44.6 Å². The van der Waals surface area contributed by atoms with Gasteiger partial charge in [0, 0.05) is 0 Å². The second-order valence-electron chi connectivity index (χ2n) is 7.83. The molecule has 1 aliphatic rings. The number of esters is 1. The van der Waals surface area contributed by atoms with Gasteiger partial charge in [0.05, 0.1) is 39.0 Å². The van der Waals surface area contributed by atoms with Gasteiger partial charge in [0.2, 0.25) is 0 Å². The highest BCUT2D eigenvalue weighted by molar-refractivity contribution is 5.71. The van der Waals surface area contributed by atoms with E-state index in [4.69, 9.17) is 18.9 Å². The van der Waals surface area contributed by atoms with E-state index in [0.29, 0.717) is 19.8 Å². The number of carbonyl (C=O) groups is 1. The smallest absolute Gasteiger partial charge is 0.308 e. The fourth-order valence-corrected chi connectivity index (χ4v) is 3.71. The van der Waals surface area contributed by atoms with Gasteiger partial charge < -0.3 is 18.9 Å². The maximum atomic E-state index is 12.3. The van der Waals surface area contributed by atoms with Crippen LogP contribution < -0.4 is 0 Å². The third kappa shape index (κ3) is 6.50. The average Bonchev–Trinajstić information content (AvgIpc) is 2.84. The lowest BCUT2D eigenvalue weighted by molar-refractivity contribution is -0.205. The highest BCUT2D eigenvalue weighted by Gasteiger charge is 2.40. The molecule has 5 heteroatoms. The highest BCUT2D eigenvalue weighted by Crippen LogP contribution is 2.25. The molecule has 0 saturated carbocycles. The summed E-state index contributed by atoms with van der Waals surface area (Å²) in [7, 11) is 0. The maximum absolute atomic E-state index is 12.3. The van der Waals surface area contributed by atoms with E-state index in [1.54, 1.807) is 0 Å². The Morgan fingerprint density at radius 2 is 1.19 bits per heavy atom. The number of cyclic esters (lactones) is 1. The number of benzene rings is 3. The van der Waals surface area contributed by atoms with E-state index in [9.17, 15) is 4.79 Å². The van der Waals surface area contributed by atoms with Gasteiger partial charge in [0.1, 0.15) is 6.10 Å². The summed E-state index contributed by atoms with van der Waals surface area (Å²) in [6, 6.07) is 29.8. The van der Waals surface area contributed by atoms with E-state index in [1.807, 2.05) is 91.0 Å². The van der Waals surface area contributed by atoms with E-state index < -0.39 is 18.3 Å². The zero-order valence-corrected chi connectivity index (χ0v) is 18.0. The first-order valence-corrected chi connectivity index (χ1v) is 10.9. The third-order valence-electron chi connectivity index (χ3n) is 5.37. The van der Waals surface area contributed by atoms with Gasteiger partial charge in [-0.05, 0) is 16.7 Å². The van der Waals surface area contributed by atoms with Crippen LogP contribution in [0.2, 0.25) is 0 Å². The first-order chi connectivity index (χ1) is 15.8. The molecule has 0 amide bonds. The van der Waals surface area contributed by atoms with E-state index >= 15 is 0 Å². The van der Waals surface area contributed by atoms with Crippen LogP contribution >= 0.6 is 0 Å². The predicted molar refractivity (Wildman–Crippen MR) is 121 cm³/mol. The van der Waals surface area contributed by atoms with Crippen LogP contribution in [0.15, 0.2) is 91.0 Å². The molecule has 4 rings (SSSR count). The molecule has 166 valence electrons. The van der Waals surface area contributed by atoms with E-state index in [0.717, 1.165) is 16.7 Å². The van der Waals surface area contributed by atoms with Gasteiger partial charge in [-0.1, -0.05) is 91.0 Å². The molecule has 0 aromatic heterocycles. The van der Waals surface area contributed by atoms with Gasteiger partial charge in [0.15, 0.2) is 6.10 Å². The van der Waals surface area contributed by atoms with Crippen LogP contribution in [0, 0.1) is 0 Å². The summed E-state index contributed by atoms with van der Waals surface area (Å²) in [5.74, 6) is -0.295. The molecule has 1 heterocycles. The monoisotopic (exact) mass is 432 g/mol. The predicted octanol–water partition coefficient (Wildman–Crippen LogP) is 4.69. The zero-order valence-electron chi connectivity index (χ0n) is 18.0. The molecule has 1 saturated heterocycles. The standard InChI is InChI=1S/C27H28O5/c28-26-16-24(30-18-22-12-6-2-7-13-22)27(31-19-23-14-8-3-9-15-23)25(32-26)20-29-17-21-10-4-1-5-11-21/h1-15,24-25,27H,16-20H2/t24-,25+,27-/m0/s1. The van der Waals surface area contributed by atoms with Gasteiger partial charge in [-0.15, -0.1) is 0 Å². The minimum Gasteiger partial charge on any atom is -0.457 e. The molecule has 0 aliphatic carbocycles. The van der Waals surface area contributed by atoms with Crippen LogP contribution in [0.25, 0.3) is 0 Å². The van der Waals surface area contributed by atoms with E-state index in [2.05, 4.69) is 0 Å². The molecular formula is C27H28O5. The third-order valence-corrected chi connectivity index (χ3v) is 5.37. The normalized spacial score (nSPS) is 20.6. The molecule has 0 bridgehead atoms. The van der Waals surface area contributed by atoms with Crippen LogP contribution in [0.3, 0.4) is 0 Å². The summed E-state index contributed by atoms with van der Waals surface area (Å²) in [4.78, 5) is 12.3. The van der Waals surface area contributed by atoms with E-state index in [1.165, 1.54) is 0 Å². The van der Waals surface area contributed by atoms with Crippen molar-refractivity contribution >= 4 is 5.97 Å². The molecule has 5 nitrogen and oxygen atoms in total. The van der Waals surface area contributed by atoms with Crippen molar-refractivity contribution in [2.75, 3.05) is 6.61 Å². The number of hydrogen-bond acceptors (Lipinski definition) is 5. The Kier molecular flexibility index (Phi) is 8.04. The summed E-state index contributed by atoms with van der Waals surface area (Å²) < 4.78 is 23.9. The summed E-state index contributed by atoms with van der Waals surface area (Å²) in [6.07, 6.45) is -1.22. The molecule has 3 atom stereocenters. The van der Waals surface area contributed by atoms with Crippen molar-refractivity contribution in [1.29, 1.82) is 0 Å². The Morgan fingerprint density at radius 1 is 0.688 bits per heavy atom. The van der Waals surface area contributed by atoms with Crippen molar-refractivity contribution in [3.05, 3.63) is 108 Å². The van der Waals surface area contributed by atoms with Gasteiger partial charge >= 0.3 is 5.97 Å². The molecule has 1 fully saturated rings. The Morgan fingerprint density at radius 3 is 1.75 bits per heavy atom. The molecule has 0 unspecified atom stereocenters. The summed E-state index contributed by atoms with van der Waals surface area (Å²) in [5.41, 5.74) is 3.16. The quantitative estimate of drug-likeness (QED) is 0.435.